The van der Waals surface area contributed by atoms with E-state index >= 15 is 0 Å². The first-order chi connectivity index (χ1) is 14.6. The van der Waals surface area contributed by atoms with E-state index in [0.29, 0.717) is 31.0 Å². The summed E-state index contributed by atoms with van der Waals surface area (Å²) in [6.07, 6.45) is 2.70. The van der Waals surface area contributed by atoms with Crippen LogP contribution in [0.5, 0.6) is 0 Å². The molecular formula is C24H30N2O4. The molecule has 0 aliphatic carbocycles. The van der Waals surface area contributed by atoms with Crippen LogP contribution in [0.15, 0.2) is 24.3 Å². The summed E-state index contributed by atoms with van der Waals surface area (Å²) in [5, 5.41) is 1.35. The molecule has 6 heteroatoms. The number of hydrogen-bond donors (Lipinski definition) is 0. The van der Waals surface area contributed by atoms with E-state index in [4.69, 9.17) is 14.2 Å². The topological polar surface area (TPSA) is 52.9 Å². The summed E-state index contributed by atoms with van der Waals surface area (Å²) in [4.78, 5) is 14.6. The van der Waals surface area contributed by atoms with Crippen LogP contribution in [0.3, 0.4) is 0 Å². The number of aromatic nitrogens is 1. The number of esters is 1. The highest BCUT2D eigenvalue weighted by atomic mass is 16.7. The van der Waals surface area contributed by atoms with E-state index in [1.807, 2.05) is 0 Å². The van der Waals surface area contributed by atoms with Gasteiger partial charge in [0.2, 0.25) is 0 Å². The Hall–Kier alpha value is -1.89. The van der Waals surface area contributed by atoms with Crippen molar-refractivity contribution in [1.82, 2.24) is 9.47 Å². The fourth-order valence-corrected chi connectivity index (χ4v) is 7.15. The van der Waals surface area contributed by atoms with Crippen molar-refractivity contribution in [2.24, 2.45) is 24.8 Å². The van der Waals surface area contributed by atoms with Crippen molar-refractivity contribution in [3.05, 3.63) is 35.5 Å². The molecule has 5 aliphatic rings. The molecule has 0 N–H and O–H groups in total. The van der Waals surface area contributed by atoms with Crippen molar-refractivity contribution >= 4 is 16.9 Å². The first kappa shape index (κ1) is 18.8. The molecule has 7 rings (SSSR count). The van der Waals surface area contributed by atoms with Crippen LogP contribution in [0.4, 0.5) is 0 Å². The minimum Gasteiger partial charge on any atom is -0.446 e. The lowest BCUT2D eigenvalue weighted by Crippen LogP contribution is -2.69. The lowest BCUT2D eigenvalue weighted by Gasteiger charge is -2.63. The number of nitrogens with zero attached hydrogens (tertiary/aromatic N) is 2. The van der Waals surface area contributed by atoms with Crippen LogP contribution in [0.25, 0.3) is 10.9 Å². The van der Waals surface area contributed by atoms with Gasteiger partial charge in [-0.3, -0.25) is 9.69 Å². The molecule has 5 aliphatic heterocycles. The summed E-state index contributed by atoms with van der Waals surface area (Å²) >= 11 is 0. The molecular weight excluding hydrogens is 380 g/mol. The van der Waals surface area contributed by atoms with E-state index in [0.717, 1.165) is 19.3 Å². The monoisotopic (exact) mass is 410 g/mol. The number of aryl methyl sites for hydroxylation is 1. The predicted octanol–water partition coefficient (Wildman–Crippen LogP) is 3.38. The molecule has 160 valence electrons. The second-order valence-electron chi connectivity index (χ2n) is 9.33. The molecule has 7 atom stereocenters. The number of hydrogen-bond acceptors (Lipinski definition) is 5. The van der Waals surface area contributed by atoms with Crippen molar-refractivity contribution < 1.29 is 19.0 Å². The van der Waals surface area contributed by atoms with Crippen LogP contribution in [0, 0.1) is 17.8 Å². The maximum Gasteiger partial charge on any atom is 0.304 e. The Morgan fingerprint density at radius 2 is 2.00 bits per heavy atom. The van der Waals surface area contributed by atoms with Gasteiger partial charge in [-0.15, -0.1) is 0 Å². The summed E-state index contributed by atoms with van der Waals surface area (Å²) < 4.78 is 20.5. The molecule has 0 radical (unpaired) electrons. The van der Waals surface area contributed by atoms with Crippen LogP contribution in [0.1, 0.15) is 44.0 Å². The zero-order chi connectivity index (χ0) is 20.6. The summed E-state index contributed by atoms with van der Waals surface area (Å²) in [6, 6.07) is 9.25. The number of para-hydroxylation sites is 1. The maximum atomic E-state index is 12.1. The van der Waals surface area contributed by atoms with Crippen molar-refractivity contribution in [2.75, 3.05) is 13.2 Å². The smallest absolute Gasteiger partial charge is 0.304 e. The standard InChI is InChI=1S/C24H30N2O4/c1-4-14-16-11-20-22-17(15-7-5-6-8-18(15)25(22)3)12-19(21(16)24-28-9-10-29-24)26(20)23(14)30-13(2)27/h5-8,14,16,19-21,23-24H,4,9-12H2,1-3H3/t14-,16-,19-,20-,21-,23+/m0/s1. The van der Waals surface area contributed by atoms with E-state index in [1.54, 1.807) is 0 Å². The Balaban J connectivity index is 1.52. The number of carbonyl (C=O) groups excluding carboxylic acids is 1. The third kappa shape index (κ3) is 2.44. The number of piperidine rings is 3. The van der Waals surface area contributed by atoms with Crippen LogP contribution in [-0.4, -0.2) is 47.2 Å². The number of ether oxygens (including phenoxy) is 3. The minimum atomic E-state index is -0.189. The molecule has 6 nitrogen and oxygen atoms in total. The van der Waals surface area contributed by atoms with Crippen molar-refractivity contribution in [2.45, 2.75) is 57.7 Å². The third-order valence-electron chi connectivity index (χ3n) is 8.10. The van der Waals surface area contributed by atoms with Gasteiger partial charge in [0.25, 0.3) is 0 Å². The van der Waals surface area contributed by atoms with Gasteiger partial charge in [0, 0.05) is 48.4 Å². The highest BCUT2D eigenvalue weighted by molar-refractivity contribution is 5.86. The third-order valence-corrected chi connectivity index (χ3v) is 8.10. The van der Waals surface area contributed by atoms with Crippen molar-refractivity contribution in [3.8, 4) is 0 Å². The van der Waals surface area contributed by atoms with Crippen LogP contribution < -0.4 is 0 Å². The Kier molecular flexibility index (Phi) is 4.28. The maximum absolute atomic E-state index is 12.1. The lowest BCUT2D eigenvalue weighted by atomic mass is 9.60. The minimum absolute atomic E-state index is 0.146. The number of rotatable bonds is 3. The van der Waals surface area contributed by atoms with Gasteiger partial charge in [0.1, 0.15) is 0 Å². The molecule has 0 spiro atoms. The Bertz CT molecular complexity index is 994. The second-order valence-corrected chi connectivity index (χ2v) is 9.33. The van der Waals surface area contributed by atoms with Crippen LogP contribution in [0.2, 0.25) is 0 Å². The van der Waals surface area contributed by atoms with Gasteiger partial charge in [-0.05, 0) is 36.8 Å². The highest BCUT2D eigenvalue weighted by Crippen LogP contribution is 2.59. The van der Waals surface area contributed by atoms with E-state index in [1.165, 1.54) is 29.1 Å². The first-order valence-electron chi connectivity index (χ1n) is 11.3. The predicted molar refractivity (Wildman–Crippen MR) is 112 cm³/mol. The molecule has 1 aromatic carbocycles. The number of fused-ring (bicyclic) bond motifs is 4. The van der Waals surface area contributed by atoms with Gasteiger partial charge in [0.05, 0.1) is 19.3 Å². The molecule has 30 heavy (non-hydrogen) atoms. The molecule has 4 saturated heterocycles. The Morgan fingerprint density at radius 1 is 1.23 bits per heavy atom. The molecule has 2 aromatic rings. The normalized spacial score (nSPS) is 37.5. The largest absolute Gasteiger partial charge is 0.446 e. The Labute approximate surface area is 177 Å². The van der Waals surface area contributed by atoms with Gasteiger partial charge < -0.3 is 18.8 Å². The Morgan fingerprint density at radius 3 is 2.73 bits per heavy atom. The van der Waals surface area contributed by atoms with Gasteiger partial charge in [0.15, 0.2) is 12.5 Å². The van der Waals surface area contributed by atoms with Crippen LogP contribution in [-0.2, 0) is 32.5 Å². The van der Waals surface area contributed by atoms with Crippen molar-refractivity contribution in [3.63, 3.8) is 0 Å². The zero-order valence-electron chi connectivity index (χ0n) is 17.9. The number of benzene rings is 1. The average Bonchev–Trinajstić information content (AvgIpc) is 3.35. The van der Waals surface area contributed by atoms with E-state index in [2.05, 4.69) is 47.7 Å². The SMILES string of the molecule is CC[C@H]1[C@@H]2C[C@H]3c4c(c5ccccc5n4C)C[C@@H]([C@H]2C2OCCO2)N3[C@@H]1OC(C)=O. The molecule has 4 bridgehead atoms. The van der Waals surface area contributed by atoms with Crippen molar-refractivity contribution in [1.29, 1.82) is 0 Å². The molecule has 0 amide bonds. The molecule has 6 heterocycles. The van der Waals surface area contributed by atoms with Gasteiger partial charge in [-0.2, -0.15) is 0 Å². The fraction of sp³-hybridized carbons (Fsp3) is 0.625. The number of carbonyl (C=O) groups is 1. The quantitative estimate of drug-likeness (QED) is 0.726. The van der Waals surface area contributed by atoms with Gasteiger partial charge in [-0.25, -0.2) is 0 Å². The summed E-state index contributed by atoms with van der Waals surface area (Å²) in [7, 11) is 2.18. The molecule has 1 unspecified atom stereocenters. The second kappa shape index (κ2) is 6.81. The highest BCUT2D eigenvalue weighted by Gasteiger charge is 2.62. The average molecular weight is 411 g/mol. The zero-order valence-corrected chi connectivity index (χ0v) is 17.9. The summed E-state index contributed by atoms with van der Waals surface area (Å²) in [5.74, 6) is 0.864. The van der Waals surface area contributed by atoms with E-state index in [9.17, 15) is 4.79 Å². The summed E-state index contributed by atoms with van der Waals surface area (Å²) in [5.41, 5.74) is 4.14. The lowest BCUT2D eigenvalue weighted by molar-refractivity contribution is -0.261. The van der Waals surface area contributed by atoms with Crippen LogP contribution >= 0.6 is 0 Å². The molecule has 1 aromatic heterocycles. The fourth-order valence-electron chi connectivity index (χ4n) is 7.15. The van der Waals surface area contributed by atoms with E-state index in [-0.39, 0.29) is 30.6 Å². The van der Waals surface area contributed by atoms with Gasteiger partial charge in [-0.1, -0.05) is 25.1 Å². The summed E-state index contributed by atoms with van der Waals surface area (Å²) in [6.45, 7) is 5.10. The van der Waals surface area contributed by atoms with E-state index < -0.39 is 0 Å². The van der Waals surface area contributed by atoms with Gasteiger partial charge >= 0.3 is 5.97 Å². The molecule has 0 saturated carbocycles. The first-order valence-corrected chi connectivity index (χ1v) is 11.3. The molecule has 4 fully saturated rings.